The van der Waals surface area contributed by atoms with Gasteiger partial charge < -0.3 is 5.11 Å². The van der Waals surface area contributed by atoms with Gasteiger partial charge in [-0.2, -0.15) is 0 Å². The predicted octanol–water partition coefficient (Wildman–Crippen LogP) is 6.72. The first-order chi connectivity index (χ1) is 10.4. The number of unbranched alkanes of at least 4 members (excludes halogenated alkanes) is 12. The molecule has 0 unspecified atom stereocenters. The number of allylic oxidation sites excluding steroid dienone is 3. The highest BCUT2D eigenvalue weighted by molar-refractivity contribution is 4.98. The van der Waals surface area contributed by atoms with Crippen molar-refractivity contribution in [3.63, 3.8) is 0 Å². The second kappa shape index (κ2) is 24.2. The van der Waals surface area contributed by atoms with Gasteiger partial charge in [-0.25, -0.2) is 0 Å². The normalized spacial score (nSPS) is 11.0. The maximum Gasteiger partial charge on any atom is 0.0791 e. The van der Waals surface area contributed by atoms with E-state index in [1.165, 1.54) is 77.0 Å². The molecule has 0 aromatic rings. The second-order valence-corrected chi connectivity index (χ2v) is 5.45. The summed E-state index contributed by atoms with van der Waals surface area (Å²) >= 11 is 0. The molecule has 3 N–H and O–H groups in total. The summed E-state index contributed by atoms with van der Waals surface area (Å²) in [4.78, 5) is 0. The third-order valence-corrected chi connectivity index (χ3v) is 3.56. The number of aliphatic hydroxyl groups excluding tert-OH is 1. The summed E-state index contributed by atoms with van der Waals surface area (Å²) in [6, 6.07) is 0. The van der Waals surface area contributed by atoms with E-state index < -0.39 is 0 Å². The minimum atomic E-state index is 1.08. The molecule has 0 fully saturated rings. The quantitative estimate of drug-likeness (QED) is 0.110. The Labute approximate surface area is 131 Å². The Morgan fingerprint density at radius 2 is 1.05 bits per heavy atom. The first kappa shape index (κ1) is 22.5. The number of hydrogen-bond acceptors (Lipinski definition) is 3. The van der Waals surface area contributed by atoms with Crippen molar-refractivity contribution < 1.29 is 15.6 Å². The highest BCUT2D eigenvalue weighted by Crippen LogP contribution is 2.12. The summed E-state index contributed by atoms with van der Waals surface area (Å²) in [5, 5.41) is 20.4. The molecule has 0 radical (unpaired) electrons. The minimum Gasteiger partial charge on any atom is -0.516 e. The Morgan fingerprint density at radius 3 is 1.48 bits per heavy atom. The highest BCUT2D eigenvalue weighted by atomic mass is 17.0. The molecule has 0 aromatic carbocycles. The van der Waals surface area contributed by atoms with Gasteiger partial charge in [0.1, 0.15) is 0 Å². The smallest absolute Gasteiger partial charge is 0.0791 e. The van der Waals surface area contributed by atoms with Crippen LogP contribution in [0.3, 0.4) is 0 Å². The zero-order valence-electron chi connectivity index (χ0n) is 13.8. The molecule has 0 aliphatic heterocycles. The monoisotopic (exact) mass is 300 g/mol. The standard InChI is InChI=1S/C18H34O.H2O2/c1-2-3-4-5-6-7-8-9-10-11-12-13-14-15-16-17-18-19;1-2/h15-19H,2-14H2,1H3;1-2H. The molecule has 0 saturated heterocycles. The van der Waals surface area contributed by atoms with Crippen LogP contribution in [-0.4, -0.2) is 15.6 Å². The molecule has 0 atom stereocenters. The van der Waals surface area contributed by atoms with E-state index in [1.54, 1.807) is 6.08 Å². The molecule has 0 saturated carbocycles. The topological polar surface area (TPSA) is 60.7 Å². The fourth-order valence-electron chi connectivity index (χ4n) is 2.33. The first-order valence-electron chi connectivity index (χ1n) is 8.57. The molecule has 0 rings (SSSR count). The number of aliphatic hydroxyl groups is 1. The fourth-order valence-corrected chi connectivity index (χ4v) is 2.33. The summed E-state index contributed by atoms with van der Waals surface area (Å²) in [7, 11) is 0. The minimum absolute atomic E-state index is 1.08. The lowest BCUT2D eigenvalue weighted by Gasteiger charge is -2.02. The van der Waals surface area contributed by atoms with Gasteiger partial charge in [-0.3, -0.25) is 10.5 Å². The maximum absolute atomic E-state index is 8.44. The van der Waals surface area contributed by atoms with Gasteiger partial charge in [0.05, 0.1) is 6.26 Å². The van der Waals surface area contributed by atoms with E-state index >= 15 is 0 Å². The van der Waals surface area contributed by atoms with E-state index in [0.29, 0.717) is 0 Å². The largest absolute Gasteiger partial charge is 0.516 e. The van der Waals surface area contributed by atoms with Crippen LogP contribution in [0.25, 0.3) is 0 Å². The van der Waals surface area contributed by atoms with Gasteiger partial charge in [0.15, 0.2) is 0 Å². The average Bonchev–Trinajstić information content (AvgIpc) is 2.53. The van der Waals surface area contributed by atoms with Crippen molar-refractivity contribution in [2.45, 2.75) is 90.4 Å². The molecule has 0 bridgehead atoms. The van der Waals surface area contributed by atoms with E-state index in [2.05, 4.69) is 13.0 Å². The van der Waals surface area contributed by atoms with Crippen molar-refractivity contribution in [2.75, 3.05) is 0 Å². The van der Waals surface area contributed by atoms with Gasteiger partial charge >= 0.3 is 0 Å². The lowest BCUT2D eigenvalue weighted by molar-refractivity contribution is -0.176. The highest BCUT2D eigenvalue weighted by Gasteiger charge is 1.92. The van der Waals surface area contributed by atoms with Gasteiger partial charge in [0.25, 0.3) is 0 Å². The Kier molecular flexibility index (Phi) is 25.9. The van der Waals surface area contributed by atoms with Crippen molar-refractivity contribution in [1.82, 2.24) is 0 Å². The Bertz CT molecular complexity index is 213. The van der Waals surface area contributed by atoms with Gasteiger partial charge in [-0.1, -0.05) is 89.7 Å². The molecule has 126 valence electrons. The molecule has 0 heterocycles. The molecular formula is C18H36O3. The number of rotatable bonds is 14. The summed E-state index contributed by atoms with van der Waals surface area (Å²) in [6.45, 7) is 2.28. The van der Waals surface area contributed by atoms with Crippen LogP contribution in [0.2, 0.25) is 0 Å². The van der Waals surface area contributed by atoms with Crippen molar-refractivity contribution >= 4 is 0 Å². The fraction of sp³-hybridized carbons (Fsp3) is 0.778. The molecule has 0 aliphatic carbocycles. The maximum atomic E-state index is 8.44. The van der Waals surface area contributed by atoms with Crippen LogP contribution < -0.4 is 0 Å². The zero-order chi connectivity index (χ0) is 16.0. The first-order valence-corrected chi connectivity index (χ1v) is 8.57. The van der Waals surface area contributed by atoms with Crippen molar-refractivity contribution in [3.8, 4) is 0 Å². The Balaban J connectivity index is 0. The van der Waals surface area contributed by atoms with Crippen molar-refractivity contribution in [1.29, 1.82) is 0 Å². The van der Waals surface area contributed by atoms with Crippen molar-refractivity contribution in [3.05, 3.63) is 24.5 Å². The van der Waals surface area contributed by atoms with Gasteiger partial charge in [0, 0.05) is 0 Å². The molecule has 3 nitrogen and oxygen atoms in total. The number of hydrogen-bond donors (Lipinski definition) is 3. The van der Waals surface area contributed by atoms with E-state index in [-0.39, 0.29) is 0 Å². The SMILES string of the molecule is CCCCCCCCCCCCCCC=CC=CO.OO. The molecule has 3 heteroatoms. The second-order valence-electron chi connectivity index (χ2n) is 5.45. The van der Waals surface area contributed by atoms with Gasteiger partial charge in [-0.15, -0.1) is 0 Å². The van der Waals surface area contributed by atoms with E-state index in [0.717, 1.165) is 12.7 Å². The molecule has 21 heavy (non-hydrogen) atoms. The summed E-state index contributed by atoms with van der Waals surface area (Å²) in [5.41, 5.74) is 0. The van der Waals surface area contributed by atoms with Crippen LogP contribution in [0, 0.1) is 0 Å². The van der Waals surface area contributed by atoms with E-state index in [1.807, 2.05) is 6.08 Å². The summed E-state index contributed by atoms with van der Waals surface area (Å²) < 4.78 is 0. The third-order valence-electron chi connectivity index (χ3n) is 3.56. The van der Waals surface area contributed by atoms with Crippen LogP contribution in [0.1, 0.15) is 90.4 Å². The Morgan fingerprint density at radius 1 is 0.619 bits per heavy atom. The van der Waals surface area contributed by atoms with Crippen molar-refractivity contribution in [2.24, 2.45) is 0 Å². The van der Waals surface area contributed by atoms with Crippen LogP contribution >= 0.6 is 0 Å². The molecular weight excluding hydrogens is 264 g/mol. The predicted molar refractivity (Wildman–Crippen MR) is 91.9 cm³/mol. The Hall–Kier alpha value is -0.800. The summed E-state index contributed by atoms with van der Waals surface area (Å²) in [6.07, 6.45) is 24.8. The lowest BCUT2D eigenvalue weighted by Crippen LogP contribution is -1.82. The molecule has 0 amide bonds. The third kappa shape index (κ3) is 24.6. The van der Waals surface area contributed by atoms with Crippen LogP contribution in [0.15, 0.2) is 24.5 Å². The van der Waals surface area contributed by atoms with Gasteiger partial charge in [-0.05, 0) is 18.9 Å². The van der Waals surface area contributed by atoms with Gasteiger partial charge in [0.2, 0.25) is 0 Å². The zero-order valence-corrected chi connectivity index (χ0v) is 13.8. The van der Waals surface area contributed by atoms with E-state index in [4.69, 9.17) is 15.6 Å². The van der Waals surface area contributed by atoms with Crippen LogP contribution in [0.5, 0.6) is 0 Å². The van der Waals surface area contributed by atoms with E-state index in [9.17, 15) is 0 Å². The molecule has 0 aromatic heterocycles. The summed E-state index contributed by atoms with van der Waals surface area (Å²) in [5.74, 6) is 0. The molecule has 0 spiro atoms. The average molecular weight is 300 g/mol. The van der Waals surface area contributed by atoms with Crippen LogP contribution in [-0.2, 0) is 0 Å². The van der Waals surface area contributed by atoms with Crippen LogP contribution in [0.4, 0.5) is 0 Å². The molecule has 0 aliphatic rings. The lowest BCUT2D eigenvalue weighted by atomic mass is 10.0.